The summed E-state index contributed by atoms with van der Waals surface area (Å²) >= 11 is 0. The van der Waals surface area contributed by atoms with E-state index in [-0.39, 0.29) is 5.97 Å². The van der Waals surface area contributed by atoms with Gasteiger partial charge in [0.15, 0.2) is 0 Å². The summed E-state index contributed by atoms with van der Waals surface area (Å²) < 4.78 is 4.62. The molecule has 2 nitrogen and oxygen atoms in total. The summed E-state index contributed by atoms with van der Waals surface area (Å²) in [6.07, 6.45) is 7.93. The van der Waals surface area contributed by atoms with Crippen molar-refractivity contribution in [2.24, 2.45) is 5.41 Å². The molecule has 12 heavy (non-hydrogen) atoms. The lowest BCUT2D eigenvalue weighted by Crippen LogP contribution is -2.01. The number of allylic oxidation sites excluding steroid dienone is 1. The minimum atomic E-state index is -0.182. The zero-order valence-electron chi connectivity index (χ0n) is 7.43. The van der Waals surface area contributed by atoms with Crippen LogP contribution in [0.2, 0.25) is 0 Å². The summed E-state index contributed by atoms with van der Waals surface area (Å²) in [5.41, 5.74) is 1.79. The van der Waals surface area contributed by atoms with Crippen LogP contribution in [0.25, 0.3) is 0 Å². The minimum Gasteiger partial charge on any atom is -0.466 e. The van der Waals surface area contributed by atoms with Crippen LogP contribution in [0.5, 0.6) is 0 Å². The second-order valence-corrected chi connectivity index (χ2v) is 3.83. The third kappa shape index (κ3) is 1.15. The van der Waals surface area contributed by atoms with Gasteiger partial charge in [-0.05, 0) is 37.5 Å². The number of esters is 1. The smallest absolute Gasteiger partial charge is 0.330 e. The molecule has 0 atom stereocenters. The predicted octanol–water partition coefficient (Wildman–Crippen LogP) is 2.05. The first-order valence-electron chi connectivity index (χ1n) is 4.56. The van der Waals surface area contributed by atoms with Crippen molar-refractivity contribution < 1.29 is 9.53 Å². The van der Waals surface area contributed by atoms with Gasteiger partial charge < -0.3 is 4.74 Å². The molecule has 1 spiro atoms. The predicted molar refractivity (Wildman–Crippen MR) is 45.6 cm³/mol. The van der Waals surface area contributed by atoms with Gasteiger partial charge in [-0.1, -0.05) is 5.57 Å². The van der Waals surface area contributed by atoms with E-state index in [1.807, 2.05) is 0 Å². The molecule has 2 heteroatoms. The van der Waals surface area contributed by atoms with Gasteiger partial charge in [-0.25, -0.2) is 4.79 Å². The summed E-state index contributed by atoms with van der Waals surface area (Å²) in [6.45, 7) is 0. The third-order valence-corrected chi connectivity index (χ3v) is 3.13. The molecule has 0 saturated heterocycles. The van der Waals surface area contributed by atoms with E-state index in [2.05, 4.69) is 4.74 Å². The Bertz CT molecular complexity index is 236. The van der Waals surface area contributed by atoms with Gasteiger partial charge in [0.05, 0.1) is 7.11 Å². The molecule has 2 aliphatic carbocycles. The first kappa shape index (κ1) is 7.84. The maximum atomic E-state index is 11.0. The molecule has 2 rings (SSSR count). The monoisotopic (exact) mass is 166 g/mol. The van der Waals surface area contributed by atoms with E-state index in [1.165, 1.54) is 38.4 Å². The number of hydrogen-bond donors (Lipinski definition) is 0. The number of carbonyl (C=O) groups is 1. The minimum absolute atomic E-state index is 0.182. The summed E-state index contributed by atoms with van der Waals surface area (Å²) in [5, 5.41) is 0. The Morgan fingerprint density at radius 3 is 2.83 bits per heavy atom. The second kappa shape index (κ2) is 2.61. The van der Waals surface area contributed by atoms with Gasteiger partial charge in [0, 0.05) is 6.08 Å². The zero-order chi connectivity index (χ0) is 8.60. The molecule has 0 N–H and O–H groups in total. The Kier molecular flexibility index (Phi) is 1.71. The fraction of sp³-hybridized carbons (Fsp3) is 0.700. The average Bonchev–Trinajstić information content (AvgIpc) is 2.73. The highest BCUT2D eigenvalue weighted by Gasteiger charge is 2.48. The fourth-order valence-corrected chi connectivity index (χ4v) is 2.19. The first-order valence-corrected chi connectivity index (χ1v) is 4.56. The van der Waals surface area contributed by atoms with Crippen LogP contribution in [-0.2, 0) is 9.53 Å². The normalized spacial score (nSPS) is 27.9. The molecule has 66 valence electrons. The van der Waals surface area contributed by atoms with Crippen molar-refractivity contribution in [3.8, 4) is 0 Å². The van der Waals surface area contributed by atoms with Crippen LogP contribution in [0, 0.1) is 5.41 Å². The topological polar surface area (TPSA) is 26.3 Å². The quantitative estimate of drug-likeness (QED) is 0.440. The van der Waals surface area contributed by atoms with Crippen molar-refractivity contribution in [1.82, 2.24) is 0 Å². The van der Waals surface area contributed by atoms with Crippen molar-refractivity contribution in [1.29, 1.82) is 0 Å². The van der Waals surface area contributed by atoms with Crippen molar-refractivity contribution in [2.75, 3.05) is 7.11 Å². The molecule has 0 bridgehead atoms. The van der Waals surface area contributed by atoms with Crippen molar-refractivity contribution in [2.45, 2.75) is 32.1 Å². The van der Waals surface area contributed by atoms with Gasteiger partial charge in [0.2, 0.25) is 0 Å². The summed E-state index contributed by atoms with van der Waals surface area (Å²) in [6, 6.07) is 0. The van der Waals surface area contributed by atoms with Crippen LogP contribution in [0.3, 0.4) is 0 Å². The number of rotatable bonds is 1. The van der Waals surface area contributed by atoms with E-state index in [9.17, 15) is 4.79 Å². The first-order chi connectivity index (χ1) is 5.77. The summed E-state index contributed by atoms with van der Waals surface area (Å²) in [5.74, 6) is -0.182. The number of methoxy groups -OCH3 is 1. The molecule has 2 aliphatic rings. The number of carbonyl (C=O) groups excluding carboxylic acids is 1. The molecular formula is C10H14O2. The fourth-order valence-electron chi connectivity index (χ4n) is 2.19. The van der Waals surface area contributed by atoms with E-state index in [0.717, 1.165) is 6.42 Å². The standard InChI is InChI=1S/C10H14O2/c1-12-9(11)7-8-3-2-4-10(8)5-6-10/h7H,2-6H2,1H3/b8-7-. The van der Waals surface area contributed by atoms with Gasteiger partial charge in [-0.3, -0.25) is 0 Å². The lowest BCUT2D eigenvalue weighted by molar-refractivity contribution is -0.134. The van der Waals surface area contributed by atoms with E-state index in [4.69, 9.17) is 0 Å². The second-order valence-electron chi connectivity index (χ2n) is 3.83. The van der Waals surface area contributed by atoms with E-state index in [0.29, 0.717) is 5.41 Å². The van der Waals surface area contributed by atoms with Gasteiger partial charge in [0.1, 0.15) is 0 Å². The highest BCUT2D eigenvalue weighted by Crippen LogP contribution is 2.60. The Morgan fingerprint density at radius 1 is 1.50 bits per heavy atom. The Morgan fingerprint density at radius 2 is 2.25 bits per heavy atom. The van der Waals surface area contributed by atoms with E-state index < -0.39 is 0 Å². The summed E-state index contributed by atoms with van der Waals surface area (Å²) in [7, 11) is 1.44. The molecule has 2 fully saturated rings. The van der Waals surface area contributed by atoms with Gasteiger partial charge in [-0.2, -0.15) is 0 Å². The van der Waals surface area contributed by atoms with Crippen LogP contribution >= 0.6 is 0 Å². The van der Waals surface area contributed by atoms with Gasteiger partial charge >= 0.3 is 5.97 Å². The van der Waals surface area contributed by atoms with E-state index in [1.54, 1.807) is 6.08 Å². The lowest BCUT2D eigenvalue weighted by Gasteiger charge is -2.06. The molecule has 2 saturated carbocycles. The van der Waals surface area contributed by atoms with Gasteiger partial charge in [-0.15, -0.1) is 0 Å². The number of hydrogen-bond acceptors (Lipinski definition) is 2. The van der Waals surface area contributed by atoms with Crippen molar-refractivity contribution in [3.05, 3.63) is 11.6 Å². The van der Waals surface area contributed by atoms with Crippen LogP contribution in [0.1, 0.15) is 32.1 Å². The van der Waals surface area contributed by atoms with Crippen LogP contribution in [0.4, 0.5) is 0 Å². The highest BCUT2D eigenvalue weighted by molar-refractivity contribution is 5.83. The van der Waals surface area contributed by atoms with Gasteiger partial charge in [0.25, 0.3) is 0 Å². The molecule has 0 aromatic rings. The maximum Gasteiger partial charge on any atom is 0.330 e. The SMILES string of the molecule is COC(=O)/C=C1/CCCC12CC2. The Balaban J connectivity index is 2.12. The largest absolute Gasteiger partial charge is 0.466 e. The van der Waals surface area contributed by atoms with E-state index >= 15 is 0 Å². The molecule has 0 unspecified atom stereocenters. The molecular weight excluding hydrogens is 152 g/mol. The number of ether oxygens (including phenoxy) is 1. The average molecular weight is 166 g/mol. The molecule has 0 aromatic carbocycles. The van der Waals surface area contributed by atoms with Crippen molar-refractivity contribution >= 4 is 5.97 Å². The molecule has 0 amide bonds. The van der Waals surface area contributed by atoms with Crippen LogP contribution < -0.4 is 0 Å². The molecule has 0 aromatic heterocycles. The zero-order valence-corrected chi connectivity index (χ0v) is 7.43. The Hall–Kier alpha value is -0.790. The summed E-state index contributed by atoms with van der Waals surface area (Å²) in [4.78, 5) is 11.0. The molecule has 0 aliphatic heterocycles. The van der Waals surface area contributed by atoms with Crippen LogP contribution in [0.15, 0.2) is 11.6 Å². The maximum absolute atomic E-state index is 11.0. The van der Waals surface area contributed by atoms with Crippen molar-refractivity contribution in [3.63, 3.8) is 0 Å². The third-order valence-electron chi connectivity index (χ3n) is 3.13. The Labute approximate surface area is 72.6 Å². The molecule has 0 heterocycles. The van der Waals surface area contributed by atoms with Crippen LogP contribution in [-0.4, -0.2) is 13.1 Å². The lowest BCUT2D eigenvalue weighted by atomic mass is 10.00. The highest BCUT2D eigenvalue weighted by atomic mass is 16.5. The molecule has 0 radical (unpaired) electrons.